The normalized spacial score (nSPS) is 11.1. The van der Waals surface area contributed by atoms with Crippen molar-refractivity contribution in [1.82, 2.24) is 0 Å². The van der Waals surface area contributed by atoms with Crippen molar-refractivity contribution in [1.29, 1.82) is 0 Å². The van der Waals surface area contributed by atoms with E-state index in [0.717, 1.165) is 6.16 Å². The minimum absolute atomic E-state index is 0. The maximum atomic E-state index is 2.38. The van der Waals surface area contributed by atoms with Crippen molar-refractivity contribution in [3.05, 3.63) is 126 Å². The van der Waals surface area contributed by atoms with E-state index in [1.807, 2.05) is 0 Å². The van der Waals surface area contributed by atoms with E-state index in [1.54, 1.807) is 0 Å². The third-order valence-corrected chi connectivity index (χ3v) is 11.2. The molecule has 0 aliphatic rings. The van der Waals surface area contributed by atoms with Crippen molar-refractivity contribution >= 4 is 23.2 Å². The molecule has 0 saturated heterocycles. The third kappa shape index (κ3) is 7.07. The molecule has 0 aliphatic carbocycles. The van der Waals surface area contributed by atoms with Crippen LogP contribution in [0.1, 0.15) is 56.6 Å². The highest BCUT2D eigenvalue weighted by Crippen LogP contribution is 2.58. The number of unbranched alkanes of at least 4 members (excludes halogenated alkanes) is 5. The molecular weight excluding hydrogens is 463 g/mol. The largest absolute Gasteiger partial charge is 1.00 e. The van der Waals surface area contributed by atoms with E-state index in [2.05, 4.69) is 122 Å². The molecule has 0 fully saturated rings. The van der Waals surface area contributed by atoms with Gasteiger partial charge in [0.15, 0.2) is 0 Å². The fourth-order valence-electron chi connectivity index (χ4n) is 4.96. The Morgan fingerprint density at radius 1 is 0.457 bits per heavy atom. The Balaban J connectivity index is 0.00000342. The number of hydrogen-bond donors (Lipinski definition) is 0. The molecule has 0 aliphatic heterocycles. The molecule has 0 heterocycles. The maximum absolute atomic E-state index is 2.38. The first-order valence-electron chi connectivity index (χ1n) is 13.0. The Kier molecular flexibility index (Phi) is 11.1. The van der Waals surface area contributed by atoms with Gasteiger partial charge in [-0.25, -0.2) is 0 Å². The predicted octanol–water partition coefficient (Wildman–Crippen LogP) is 5.09. The number of aryl methyl sites for hydroxylation is 1. The number of benzene rings is 4. The lowest BCUT2D eigenvalue weighted by molar-refractivity contribution is -0.00000684. The summed E-state index contributed by atoms with van der Waals surface area (Å²) in [6, 6.07) is 43.1. The van der Waals surface area contributed by atoms with Crippen LogP contribution in [0.25, 0.3) is 0 Å². The molecule has 0 spiro atoms. The SMILES string of the molecule is CCCCCCCCc1ccc(C[P+](c2ccccc2)(c2ccccc2)c2ccccc2)cc1.[Cl-]. The lowest BCUT2D eigenvalue weighted by Crippen LogP contribution is -3.00. The van der Waals surface area contributed by atoms with E-state index in [1.165, 1.54) is 72.0 Å². The highest BCUT2D eigenvalue weighted by molar-refractivity contribution is 7.95. The van der Waals surface area contributed by atoms with Crippen LogP contribution < -0.4 is 28.3 Å². The minimum Gasteiger partial charge on any atom is -1.00 e. The summed E-state index contributed by atoms with van der Waals surface area (Å²) in [7, 11) is -1.83. The zero-order valence-corrected chi connectivity index (χ0v) is 22.6. The zero-order valence-electron chi connectivity index (χ0n) is 21.0. The summed E-state index contributed by atoms with van der Waals surface area (Å²) in [4.78, 5) is 0. The van der Waals surface area contributed by atoms with Gasteiger partial charge in [-0.3, -0.25) is 0 Å². The molecule has 4 aromatic carbocycles. The van der Waals surface area contributed by atoms with E-state index < -0.39 is 7.26 Å². The van der Waals surface area contributed by atoms with Gasteiger partial charge in [-0.05, 0) is 60.4 Å². The summed E-state index contributed by atoms with van der Waals surface area (Å²) in [6.45, 7) is 2.28. The number of halogens is 1. The van der Waals surface area contributed by atoms with Gasteiger partial charge in [0, 0.05) is 0 Å². The molecule has 2 heteroatoms. The van der Waals surface area contributed by atoms with Crippen LogP contribution in [0.3, 0.4) is 0 Å². The molecule has 0 atom stereocenters. The van der Waals surface area contributed by atoms with Gasteiger partial charge >= 0.3 is 0 Å². The van der Waals surface area contributed by atoms with Crippen LogP contribution in [0.4, 0.5) is 0 Å². The highest BCUT2D eigenvalue weighted by atomic mass is 35.5. The minimum atomic E-state index is -1.83. The summed E-state index contributed by atoms with van der Waals surface area (Å²) >= 11 is 0. The van der Waals surface area contributed by atoms with Crippen molar-refractivity contribution in [2.75, 3.05) is 0 Å². The zero-order chi connectivity index (χ0) is 23.5. The molecular formula is C33H38ClP. The molecule has 0 radical (unpaired) electrons. The van der Waals surface area contributed by atoms with Crippen LogP contribution in [0.5, 0.6) is 0 Å². The fourth-order valence-corrected chi connectivity index (χ4v) is 9.21. The van der Waals surface area contributed by atoms with Gasteiger partial charge in [-0.2, -0.15) is 0 Å². The van der Waals surface area contributed by atoms with Crippen LogP contribution in [-0.2, 0) is 12.6 Å². The quantitative estimate of drug-likeness (QED) is 0.188. The van der Waals surface area contributed by atoms with Gasteiger partial charge in [0.25, 0.3) is 0 Å². The van der Waals surface area contributed by atoms with E-state index in [0.29, 0.717) is 0 Å². The summed E-state index contributed by atoms with van der Waals surface area (Å²) in [5.41, 5.74) is 2.90. The van der Waals surface area contributed by atoms with Crippen molar-refractivity contribution < 1.29 is 12.4 Å². The Hall–Kier alpha value is -2.40. The first-order valence-corrected chi connectivity index (χ1v) is 14.9. The van der Waals surface area contributed by atoms with Crippen molar-refractivity contribution in [2.24, 2.45) is 0 Å². The number of hydrogen-bond acceptors (Lipinski definition) is 0. The number of rotatable bonds is 12. The first-order chi connectivity index (χ1) is 16.8. The first kappa shape index (κ1) is 27.2. The van der Waals surface area contributed by atoms with Gasteiger partial charge < -0.3 is 12.4 Å². The third-order valence-electron chi connectivity index (χ3n) is 6.85. The van der Waals surface area contributed by atoms with Crippen LogP contribution in [-0.4, -0.2) is 0 Å². The van der Waals surface area contributed by atoms with Crippen LogP contribution >= 0.6 is 7.26 Å². The van der Waals surface area contributed by atoms with Crippen molar-refractivity contribution in [2.45, 2.75) is 58.0 Å². The molecule has 4 aromatic rings. The molecule has 0 N–H and O–H groups in total. The molecule has 0 saturated carbocycles. The second-order valence-corrected chi connectivity index (χ2v) is 12.8. The van der Waals surface area contributed by atoms with E-state index in [9.17, 15) is 0 Å². The van der Waals surface area contributed by atoms with Gasteiger partial charge in [-0.15, -0.1) is 0 Å². The molecule has 182 valence electrons. The Morgan fingerprint density at radius 3 is 1.31 bits per heavy atom. The fraction of sp³-hybridized carbons (Fsp3) is 0.273. The van der Waals surface area contributed by atoms with Crippen LogP contribution in [0.2, 0.25) is 0 Å². The van der Waals surface area contributed by atoms with E-state index >= 15 is 0 Å². The van der Waals surface area contributed by atoms with Gasteiger partial charge in [-0.1, -0.05) is 118 Å². The van der Waals surface area contributed by atoms with Crippen molar-refractivity contribution in [3.63, 3.8) is 0 Å². The smallest absolute Gasteiger partial charge is 0.116 e. The Labute approximate surface area is 219 Å². The summed E-state index contributed by atoms with van der Waals surface area (Å²) in [6.07, 6.45) is 10.4. The van der Waals surface area contributed by atoms with Crippen molar-refractivity contribution in [3.8, 4) is 0 Å². The second kappa shape index (κ2) is 14.2. The second-order valence-electron chi connectivity index (χ2n) is 9.31. The van der Waals surface area contributed by atoms with E-state index in [-0.39, 0.29) is 12.4 Å². The standard InChI is InChI=1S/C33H38P.ClH/c1-2-3-4-5-6-10-17-29-24-26-30(27-25-29)28-34(31-18-11-7-12-19-31,32-20-13-8-14-21-32)33-22-15-9-16-23-33;/h7-9,11-16,18-27H,2-6,10,17,28H2,1H3;1H/q+1;/p-1. The lowest BCUT2D eigenvalue weighted by atomic mass is 10.0. The molecule has 0 bridgehead atoms. The average molecular weight is 501 g/mol. The van der Waals surface area contributed by atoms with Gasteiger partial charge in [0.05, 0.1) is 6.16 Å². The molecule has 35 heavy (non-hydrogen) atoms. The average Bonchev–Trinajstić information content (AvgIpc) is 2.91. The highest BCUT2D eigenvalue weighted by Gasteiger charge is 2.45. The Morgan fingerprint density at radius 2 is 0.857 bits per heavy atom. The van der Waals surface area contributed by atoms with Gasteiger partial charge in [0.2, 0.25) is 0 Å². The topological polar surface area (TPSA) is 0 Å². The molecule has 4 rings (SSSR count). The molecule has 0 nitrogen and oxygen atoms in total. The summed E-state index contributed by atoms with van der Waals surface area (Å²) in [5.74, 6) is 0. The predicted molar refractivity (Wildman–Crippen MR) is 152 cm³/mol. The lowest BCUT2D eigenvalue weighted by Gasteiger charge is -2.28. The van der Waals surface area contributed by atoms with E-state index in [4.69, 9.17) is 0 Å². The summed E-state index contributed by atoms with van der Waals surface area (Å²) in [5, 5.41) is 4.34. The summed E-state index contributed by atoms with van der Waals surface area (Å²) < 4.78 is 0. The molecule has 0 unspecified atom stereocenters. The molecule has 0 amide bonds. The van der Waals surface area contributed by atoms with Gasteiger partial charge in [0.1, 0.15) is 23.2 Å². The Bertz CT molecular complexity index is 996. The molecule has 0 aromatic heterocycles. The monoisotopic (exact) mass is 500 g/mol. The van der Waals surface area contributed by atoms with Crippen LogP contribution in [0, 0.1) is 0 Å². The van der Waals surface area contributed by atoms with Crippen LogP contribution in [0.15, 0.2) is 115 Å². The maximum Gasteiger partial charge on any atom is 0.116 e.